The number of nitrogens with one attached hydrogen (secondary N) is 1. The fourth-order valence-electron chi connectivity index (χ4n) is 0.760. The summed E-state index contributed by atoms with van der Waals surface area (Å²) in [4.78, 5) is 0. The zero-order valence-corrected chi connectivity index (χ0v) is 5.89. The van der Waals surface area contributed by atoms with Crippen LogP contribution in [0.15, 0.2) is 0 Å². The summed E-state index contributed by atoms with van der Waals surface area (Å²) in [6.07, 6.45) is -4.65. The molecule has 0 saturated heterocycles. The van der Waals surface area contributed by atoms with Gasteiger partial charge in [0.15, 0.2) is 5.69 Å². The molecule has 0 aromatic carbocycles. The Morgan fingerprint density at radius 3 is 2.50 bits per heavy atom. The molecule has 0 spiro atoms. The molecule has 2 N–H and O–H groups in total. The Hall–Kier alpha value is -1.11. The zero-order valence-electron chi connectivity index (χ0n) is 5.89. The molecule has 1 aromatic heterocycles. The van der Waals surface area contributed by atoms with Crippen molar-refractivity contribution in [3.05, 3.63) is 11.4 Å². The van der Waals surface area contributed by atoms with Crippen LogP contribution in [-0.4, -0.2) is 27.1 Å². The van der Waals surface area contributed by atoms with E-state index >= 15 is 0 Å². The van der Waals surface area contributed by atoms with Crippen LogP contribution in [0, 0.1) is 0 Å². The van der Waals surface area contributed by atoms with Gasteiger partial charge in [-0.05, 0) is 0 Å². The van der Waals surface area contributed by atoms with Crippen molar-refractivity contribution in [2.75, 3.05) is 6.61 Å². The van der Waals surface area contributed by atoms with E-state index in [-0.39, 0.29) is 18.7 Å². The molecule has 0 unspecified atom stereocenters. The van der Waals surface area contributed by atoms with Crippen LogP contribution in [0.25, 0.3) is 0 Å². The molecule has 12 heavy (non-hydrogen) atoms. The van der Waals surface area contributed by atoms with Crippen molar-refractivity contribution in [2.45, 2.75) is 12.6 Å². The van der Waals surface area contributed by atoms with E-state index in [1.165, 1.54) is 0 Å². The van der Waals surface area contributed by atoms with E-state index in [0.29, 0.717) is 0 Å². The molecule has 0 saturated carbocycles. The summed E-state index contributed by atoms with van der Waals surface area (Å²) < 4.78 is 36.0. The third-order valence-electron chi connectivity index (χ3n) is 1.24. The lowest BCUT2D eigenvalue weighted by atomic mass is 10.2. The van der Waals surface area contributed by atoms with E-state index in [2.05, 4.69) is 10.2 Å². The number of rotatable bonds is 2. The van der Waals surface area contributed by atoms with Gasteiger partial charge in [-0.2, -0.15) is 28.6 Å². The molecule has 0 fully saturated rings. The highest BCUT2D eigenvalue weighted by molar-refractivity contribution is 5.12. The maximum Gasteiger partial charge on any atom is 0.437 e. The molecule has 68 valence electrons. The molecule has 4 nitrogen and oxygen atoms in total. The molecule has 0 aliphatic carbocycles. The monoisotopic (exact) mass is 181 g/mol. The number of aliphatic hydroxyl groups excluding tert-OH is 1. The molecule has 1 aromatic rings. The Bertz CT molecular complexity index is 257. The third-order valence-corrected chi connectivity index (χ3v) is 1.24. The first-order valence-electron chi connectivity index (χ1n) is 3.13. The van der Waals surface area contributed by atoms with E-state index < -0.39 is 11.9 Å². The van der Waals surface area contributed by atoms with Crippen molar-refractivity contribution in [1.29, 1.82) is 0 Å². The zero-order chi connectivity index (χ0) is 9.19. The van der Waals surface area contributed by atoms with Gasteiger partial charge >= 0.3 is 6.18 Å². The van der Waals surface area contributed by atoms with Gasteiger partial charge in [-0.25, -0.2) is 0 Å². The first kappa shape index (κ1) is 8.98. The second kappa shape index (κ2) is 3.10. The Labute approximate surface area is 65.4 Å². The van der Waals surface area contributed by atoms with Crippen molar-refractivity contribution in [2.24, 2.45) is 0 Å². The smallest absolute Gasteiger partial charge is 0.396 e. The number of aliphatic hydroxyl groups is 1. The fourth-order valence-corrected chi connectivity index (χ4v) is 0.760. The Morgan fingerprint density at radius 1 is 1.33 bits per heavy atom. The lowest BCUT2D eigenvalue weighted by Crippen LogP contribution is -2.10. The van der Waals surface area contributed by atoms with E-state index in [0.717, 1.165) is 0 Å². The first-order valence-corrected chi connectivity index (χ1v) is 3.13. The van der Waals surface area contributed by atoms with Crippen LogP contribution in [0.5, 0.6) is 0 Å². The maximum atomic E-state index is 12.0. The lowest BCUT2D eigenvalue weighted by molar-refractivity contribution is -0.141. The van der Waals surface area contributed by atoms with Crippen molar-refractivity contribution < 1.29 is 18.3 Å². The van der Waals surface area contributed by atoms with Gasteiger partial charge in [0, 0.05) is 13.0 Å². The third kappa shape index (κ3) is 1.73. The molecule has 0 amide bonds. The summed E-state index contributed by atoms with van der Waals surface area (Å²) in [5.74, 6) is 0. The predicted molar refractivity (Wildman–Crippen MR) is 32.2 cm³/mol. The van der Waals surface area contributed by atoms with Crippen LogP contribution < -0.4 is 0 Å². The summed E-state index contributed by atoms with van der Waals surface area (Å²) in [5, 5.41) is 16.4. The molecule has 1 rings (SSSR count). The average molecular weight is 181 g/mol. The van der Waals surface area contributed by atoms with Crippen molar-refractivity contribution in [3.8, 4) is 0 Å². The van der Waals surface area contributed by atoms with E-state index in [9.17, 15) is 13.2 Å². The van der Waals surface area contributed by atoms with E-state index in [4.69, 9.17) is 5.11 Å². The van der Waals surface area contributed by atoms with Crippen LogP contribution in [0.1, 0.15) is 11.4 Å². The number of halogens is 3. The number of aromatic amines is 1. The van der Waals surface area contributed by atoms with Crippen molar-refractivity contribution >= 4 is 0 Å². The highest BCUT2D eigenvalue weighted by Gasteiger charge is 2.36. The predicted octanol–water partition coefficient (Wildman–Crippen LogP) is 0.358. The number of hydrogen-bond donors (Lipinski definition) is 2. The summed E-state index contributed by atoms with van der Waals surface area (Å²) >= 11 is 0. The molecular weight excluding hydrogens is 175 g/mol. The van der Waals surface area contributed by atoms with Gasteiger partial charge in [0.25, 0.3) is 0 Å². The number of H-pyrrole nitrogens is 1. The minimum absolute atomic E-state index is 0.147. The Balaban J connectivity index is 2.91. The second-order valence-electron chi connectivity index (χ2n) is 2.09. The van der Waals surface area contributed by atoms with E-state index in [1.54, 1.807) is 0 Å². The summed E-state index contributed by atoms with van der Waals surface area (Å²) in [5.41, 5.74) is -1.32. The van der Waals surface area contributed by atoms with Crippen LogP contribution in [0.3, 0.4) is 0 Å². The fraction of sp³-hybridized carbons (Fsp3) is 0.600. The van der Waals surface area contributed by atoms with Gasteiger partial charge in [0.1, 0.15) is 0 Å². The molecular formula is C5H6F3N3O. The second-order valence-corrected chi connectivity index (χ2v) is 2.09. The summed E-state index contributed by atoms with van der Waals surface area (Å²) in [6.45, 7) is -0.379. The minimum atomic E-state index is -4.50. The van der Waals surface area contributed by atoms with Crippen LogP contribution in [0.2, 0.25) is 0 Å². The molecule has 1 heterocycles. The van der Waals surface area contributed by atoms with E-state index in [1.807, 2.05) is 5.21 Å². The summed E-state index contributed by atoms with van der Waals surface area (Å²) in [6, 6.07) is 0. The van der Waals surface area contributed by atoms with Gasteiger partial charge in [-0.15, -0.1) is 0 Å². The molecule has 0 radical (unpaired) electrons. The van der Waals surface area contributed by atoms with Crippen LogP contribution in [-0.2, 0) is 12.6 Å². The minimum Gasteiger partial charge on any atom is -0.396 e. The van der Waals surface area contributed by atoms with Gasteiger partial charge < -0.3 is 5.11 Å². The molecule has 0 aliphatic rings. The number of hydrogen-bond acceptors (Lipinski definition) is 3. The van der Waals surface area contributed by atoms with Crippen LogP contribution >= 0.6 is 0 Å². The molecule has 0 atom stereocenters. The highest BCUT2D eigenvalue weighted by Crippen LogP contribution is 2.28. The lowest BCUT2D eigenvalue weighted by Gasteiger charge is -2.02. The Kier molecular flexibility index (Phi) is 2.32. The maximum absolute atomic E-state index is 12.0. The van der Waals surface area contributed by atoms with Crippen LogP contribution in [0.4, 0.5) is 13.2 Å². The Morgan fingerprint density at radius 2 is 2.00 bits per heavy atom. The molecule has 0 bridgehead atoms. The van der Waals surface area contributed by atoms with Gasteiger partial charge in [0.2, 0.25) is 0 Å². The molecule has 0 aliphatic heterocycles. The number of alkyl halides is 3. The average Bonchev–Trinajstić information content (AvgIpc) is 2.34. The quantitative estimate of drug-likeness (QED) is 0.692. The first-order chi connectivity index (χ1) is 5.55. The highest BCUT2D eigenvalue weighted by atomic mass is 19.4. The van der Waals surface area contributed by atoms with Gasteiger partial charge in [-0.3, -0.25) is 0 Å². The van der Waals surface area contributed by atoms with Gasteiger partial charge in [-0.1, -0.05) is 0 Å². The topological polar surface area (TPSA) is 61.8 Å². The largest absolute Gasteiger partial charge is 0.437 e. The summed E-state index contributed by atoms with van der Waals surface area (Å²) in [7, 11) is 0. The van der Waals surface area contributed by atoms with Crippen molar-refractivity contribution in [1.82, 2.24) is 15.4 Å². The number of aromatic nitrogens is 3. The SMILES string of the molecule is OCCc1n[nH]nc1C(F)(F)F. The number of nitrogens with zero attached hydrogens (tertiary/aromatic N) is 2. The normalized spacial score (nSPS) is 12.0. The van der Waals surface area contributed by atoms with Crippen molar-refractivity contribution in [3.63, 3.8) is 0 Å². The standard InChI is InChI=1S/C5H6F3N3O/c6-5(7,8)4-3(1-2-12)9-11-10-4/h12H,1-2H2,(H,9,10,11). The molecule has 7 heteroatoms. The van der Waals surface area contributed by atoms with Gasteiger partial charge in [0.05, 0.1) is 5.69 Å².